The van der Waals surface area contributed by atoms with Crippen LogP contribution in [0.3, 0.4) is 0 Å². The number of rotatable bonds is 4. The summed E-state index contributed by atoms with van der Waals surface area (Å²) in [5.74, 6) is 1.50. The molecule has 0 spiro atoms. The summed E-state index contributed by atoms with van der Waals surface area (Å²) < 4.78 is 6.09. The van der Waals surface area contributed by atoms with E-state index >= 15 is 0 Å². The lowest BCUT2D eigenvalue weighted by molar-refractivity contribution is 0.0903. The minimum Gasteiger partial charge on any atom is -0.490 e. The molecule has 1 aliphatic carbocycles. The second-order valence-corrected chi connectivity index (χ2v) is 5.29. The lowest BCUT2D eigenvalue weighted by atomic mass is 9.85. The monoisotopic (exact) mass is 264 g/mol. The summed E-state index contributed by atoms with van der Waals surface area (Å²) in [6, 6.07) is 3.72. The quantitative estimate of drug-likeness (QED) is 0.849. The van der Waals surface area contributed by atoms with E-state index in [4.69, 9.17) is 22.7 Å². The Kier molecular flexibility index (Phi) is 4.53. The standard InChI is InChI=1S/C14H20N2OS/c1-2-10-5-3-4-6-13(10)17-11-7-8-16-12(9-11)14(15)18/h7-10,13H,2-6H2,1H3,(H2,15,18). The van der Waals surface area contributed by atoms with Crippen LogP contribution in [0.1, 0.15) is 44.7 Å². The molecular weight excluding hydrogens is 244 g/mol. The third kappa shape index (κ3) is 3.19. The van der Waals surface area contributed by atoms with Crippen molar-refractivity contribution in [1.82, 2.24) is 4.98 Å². The van der Waals surface area contributed by atoms with Gasteiger partial charge in [-0.2, -0.15) is 0 Å². The van der Waals surface area contributed by atoms with Crippen molar-refractivity contribution < 1.29 is 4.74 Å². The number of hydrogen-bond donors (Lipinski definition) is 1. The van der Waals surface area contributed by atoms with Gasteiger partial charge < -0.3 is 10.5 Å². The molecule has 1 heterocycles. The minimum absolute atomic E-state index is 0.316. The van der Waals surface area contributed by atoms with Gasteiger partial charge in [0.05, 0.1) is 0 Å². The third-order valence-electron chi connectivity index (χ3n) is 3.64. The highest BCUT2D eigenvalue weighted by Crippen LogP contribution is 2.30. The van der Waals surface area contributed by atoms with E-state index in [0.717, 1.165) is 12.2 Å². The maximum Gasteiger partial charge on any atom is 0.123 e. The summed E-state index contributed by atoms with van der Waals surface area (Å²) >= 11 is 4.93. The molecule has 98 valence electrons. The second-order valence-electron chi connectivity index (χ2n) is 4.85. The van der Waals surface area contributed by atoms with E-state index in [1.54, 1.807) is 6.20 Å². The zero-order valence-corrected chi connectivity index (χ0v) is 11.6. The maximum atomic E-state index is 6.09. The number of aromatic nitrogens is 1. The molecule has 3 nitrogen and oxygen atoms in total. The molecule has 2 atom stereocenters. The van der Waals surface area contributed by atoms with Gasteiger partial charge in [-0.15, -0.1) is 0 Å². The maximum absolute atomic E-state index is 6.09. The van der Waals surface area contributed by atoms with Crippen LogP contribution in [0.25, 0.3) is 0 Å². The van der Waals surface area contributed by atoms with Crippen LogP contribution in [0, 0.1) is 5.92 Å². The smallest absolute Gasteiger partial charge is 0.123 e. The molecule has 0 amide bonds. The summed E-state index contributed by atoms with van der Waals surface area (Å²) in [6.45, 7) is 2.24. The second kappa shape index (κ2) is 6.14. The van der Waals surface area contributed by atoms with Crippen molar-refractivity contribution in [2.45, 2.75) is 45.1 Å². The number of nitrogens with zero attached hydrogens (tertiary/aromatic N) is 1. The van der Waals surface area contributed by atoms with Crippen LogP contribution in [0.4, 0.5) is 0 Å². The van der Waals surface area contributed by atoms with E-state index in [1.807, 2.05) is 12.1 Å². The molecule has 1 aromatic rings. The van der Waals surface area contributed by atoms with Crippen molar-refractivity contribution in [1.29, 1.82) is 0 Å². The number of hydrogen-bond acceptors (Lipinski definition) is 3. The molecule has 0 radical (unpaired) electrons. The molecule has 0 bridgehead atoms. The highest BCUT2D eigenvalue weighted by atomic mass is 32.1. The summed E-state index contributed by atoms with van der Waals surface area (Å²) in [6.07, 6.45) is 8.20. The van der Waals surface area contributed by atoms with Gasteiger partial charge in [-0.25, -0.2) is 0 Å². The predicted molar refractivity (Wildman–Crippen MR) is 76.8 cm³/mol. The van der Waals surface area contributed by atoms with Crippen LogP contribution in [0.15, 0.2) is 18.3 Å². The van der Waals surface area contributed by atoms with Crippen molar-refractivity contribution in [2.75, 3.05) is 0 Å². The van der Waals surface area contributed by atoms with Crippen LogP contribution in [-0.4, -0.2) is 16.1 Å². The van der Waals surface area contributed by atoms with Crippen molar-refractivity contribution in [3.63, 3.8) is 0 Å². The van der Waals surface area contributed by atoms with Gasteiger partial charge in [-0.05, 0) is 37.7 Å². The molecule has 0 saturated heterocycles. The highest BCUT2D eigenvalue weighted by molar-refractivity contribution is 7.80. The Hall–Kier alpha value is -1.16. The highest BCUT2D eigenvalue weighted by Gasteiger charge is 2.25. The molecule has 1 saturated carbocycles. The van der Waals surface area contributed by atoms with Gasteiger partial charge in [0.25, 0.3) is 0 Å². The minimum atomic E-state index is 0.316. The van der Waals surface area contributed by atoms with E-state index in [9.17, 15) is 0 Å². The first kappa shape index (κ1) is 13.3. The van der Waals surface area contributed by atoms with Crippen molar-refractivity contribution in [3.8, 4) is 5.75 Å². The van der Waals surface area contributed by atoms with Gasteiger partial charge >= 0.3 is 0 Å². The first-order valence-electron chi connectivity index (χ1n) is 6.63. The third-order valence-corrected chi connectivity index (χ3v) is 3.84. The average molecular weight is 264 g/mol. The number of ether oxygens (including phenoxy) is 1. The van der Waals surface area contributed by atoms with Crippen LogP contribution in [0.5, 0.6) is 5.75 Å². The fourth-order valence-corrected chi connectivity index (χ4v) is 2.70. The van der Waals surface area contributed by atoms with Gasteiger partial charge in [0.1, 0.15) is 22.5 Å². The van der Waals surface area contributed by atoms with Crippen molar-refractivity contribution in [2.24, 2.45) is 11.7 Å². The SMILES string of the molecule is CCC1CCCCC1Oc1ccnc(C(N)=S)c1. The number of thiocarbonyl (C=S) groups is 1. The first-order chi connectivity index (χ1) is 8.70. The van der Waals surface area contributed by atoms with Gasteiger partial charge in [0, 0.05) is 12.3 Å². The normalized spacial score (nSPS) is 23.6. The van der Waals surface area contributed by atoms with E-state index in [-0.39, 0.29) is 0 Å². The average Bonchev–Trinajstić information content (AvgIpc) is 2.39. The predicted octanol–water partition coefficient (Wildman–Crippen LogP) is 3.06. The lowest BCUT2D eigenvalue weighted by Gasteiger charge is -2.31. The molecule has 2 N–H and O–H groups in total. The Bertz CT molecular complexity index is 422. The molecule has 0 aromatic carbocycles. The van der Waals surface area contributed by atoms with E-state index in [2.05, 4.69) is 11.9 Å². The van der Waals surface area contributed by atoms with Gasteiger partial charge in [-0.1, -0.05) is 25.6 Å². The van der Waals surface area contributed by atoms with Crippen LogP contribution in [0.2, 0.25) is 0 Å². The lowest BCUT2D eigenvalue weighted by Crippen LogP contribution is -2.30. The molecular formula is C14H20N2OS. The molecule has 2 rings (SSSR count). The fourth-order valence-electron chi connectivity index (χ4n) is 2.59. The molecule has 2 unspecified atom stereocenters. The molecule has 1 fully saturated rings. The van der Waals surface area contributed by atoms with Gasteiger partial charge in [0.15, 0.2) is 0 Å². The summed E-state index contributed by atoms with van der Waals surface area (Å²) in [5.41, 5.74) is 6.21. The molecule has 1 aliphatic rings. The Morgan fingerprint density at radius 3 is 3.00 bits per heavy atom. The van der Waals surface area contributed by atoms with E-state index in [1.165, 1.54) is 25.7 Å². The van der Waals surface area contributed by atoms with E-state index in [0.29, 0.717) is 22.7 Å². The van der Waals surface area contributed by atoms with Gasteiger partial charge in [-0.3, -0.25) is 4.98 Å². The molecule has 1 aromatic heterocycles. The molecule has 4 heteroatoms. The molecule has 18 heavy (non-hydrogen) atoms. The zero-order chi connectivity index (χ0) is 13.0. The van der Waals surface area contributed by atoms with Crippen molar-refractivity contribution >= 4 is 17.2 Å². The Labute approximate surface area is 114 Å². The summed E-state index contributed by atoms with van der Waals surface area (Å²) in [4.78, 5) is 4.44. The van der Waals surface area contributed by atoms with Gasteiger partial charge in [0.2, 0.25) is 0 Å². The van der Waals surface area contributed by atoms with E-state index < -0.39 is 0 Å². The first-order valence-corrected chi connectivity index (χ1v) is 7.04. The number of nitrogens with two attached hydrogens (primary N) is 1. The van der Waals surface area contributed by atoms with Crippen LogP contribution >= 0.6 is 12.2 Å². The van der Waals surface area contributed by atoms with Crippen LogP contribution in [-0.2, 0) is 0 Å². The number of pyridine rings is 1. The Balaban J connectivity index is 2.07. The molecule has 0 aliphatic heterocycles. The fraction of sp³-hybridized carbons (Fsp3) is 0.571. The summed E-state index contributed by atoms with van der Waals surface area (Å²) in [5, 5.41) is 0. The zero-order valence-electron chi connectivity index (χ0n) is 10.8. The largest absolute Gasteiger partial charge is 0.490 e. The summed E-state index contributed by atoms with van der Waals surface area (Å²) in [7, 11) is 0. The van der Waals surface area contributed by atoms with Crippen molar-refractivity contribution in [3.05, 3.63) is 24.0 Å². The Morgan fingerprint density at radius 1 is 1.50 bits per heavy atom. The Morgan fingerprint density at radius 2 is 2.28 bits per heavy atom. The van der Waals surface area contributed by atoms with Crippen LogP contribution < -0.4 is 10.5 Å². The topological polar surface area (TPSA) is 48.1 Å².